The second kappa shape index (κ2) is 6.43. The molecule has 0 spiro atoms. The minimum absolute atomic E-state index is 0.219. The predicted octanol–water partition coefficient (Wildman–Crippen LogP) is 3.06. The lowest BCUT2D eigenvalue weighted by Gasteiger charge is -2.08. The highest BCUT2D eigenvalue weighted by molar-refractivity contribution is 7.80. The van der Waals surface area contributed by atoms with Crippen LogP contribution in [-0.4, -0.2) is 11.5 Å². The molecule has 0 atom stereocenters. The highest BCUT2D eigenvalue weighted by atomic mass is 32.1. The first-order valence-corrected chi connectivity index (χ1v) is 5.89. The van der Waals surface area contributed by atoms with Gasteiger partial charge >= 0.3 is 0 Å². The third-order valence-corrected chi connectivity index (χ3v) is 2.59. The van der Waals surface area contributed by atoms with E-state index < -0.39 is 0 Å². The smallest absolute Gasteiger partial charge is 0.146 e. The molecule has 88 valence electrons. The van der Waals surface area contributed by atoms with Crippen LogP contribution in [0.3, 0.4) is 0 Å². The van der Waals surface area contributed by atoms with E-state index in [1.165, 1.54) is 6.07 Å². The van der Waals surface area contributed by atoms with Crippen molar-refractivity contribution in [2.24, 2.45) is 5.73 Å². The van der Waals surface area contributed by atoms with E-state index in [-0.39, 0.29) is 10.8 Å². The molecule has 1 rings (SSSR count). The molecule has 16 heavy (non-hydrogen) atoms. The summed E-state index contributed by atoms with van der Waals surface area (Å²) >= 11 is 4.78. The fourth-order valence-corrected chi connectivity index (χ4v) is 1.54. The average Bonchev–Trinajstić information content (AvgIpc) is 2.26. The van der Waals surface area contributed by atoms with E-state index in [2.05, 4.69) is 12.2 Å². The fourth-order valence-electron chi connectivity index (χ4n) is 1.41. The van der Waals surface area contributed by atoms with E-state index in [1.807, 2.05) is 0 Å². The Morgan fingerprint density at radius 2 is 2.19 bits per heavy atom. The van der Waals surface area contributed by atoms with Gasteiger partial charge in [-0.15, -0.1) is 0 Å². The Bertz CT molecular complexity index is 366. The van der Waals surface area contributed by atoms with Crippen LogP contribution in [0.5, 0.6) is 0 Å². The molecule has 3 N–H and O–H groups in total. The number of nitrogens with one attached hydrogen (secondary N) is 1. The van der Waals surface area contributed by atoms with Gasteiger partial charge in [-0.3, -0.25) is 0 Å². The molecule has 1 aromatic carbocycles. The maximum Gasteiger partial charge on any atom is 0.146 e. The molecule has 2 nitrogen and oxygen atoms in total. The summed E-state index contributed by atoms with van der Waals surface area (Å²) in [6, 6.07) is 4.77. The second-order valence-corrected chi connectivity index (χ2v) is 4.13. The summed E-state index contributed by atoms with van der Waals surface area (Å²) in [4.78, 5) is 0.219. The van der Waals surface area contributed by atoms with E-state index in [1.54, 1.807) is 12.1 Å². The summed E-state index contributed by atoms with van der Waals surface area (Å²) in [5.74, 6) is -0.304. The van der Waals surface area contributed by atoms with Crippen LogP contribution in [0.1, 0.15) is 31.7 Å². The molecule has 0 aliphatic rings. The highest BCUT2D eigenvalue weighted by Gasteiger charge is 2.04. The first kappa shape index (κ1) is 12.9. The van der Waals surface area contributed by atoms with E-state index in [0.29, 0.717) is 11.3 Å². The van der Waals surface area contributed by atoms with Crippen LogP contribution >= 0.6 is 12.2 Å². The molecule has 0 aliphatic carbocycles. The number of thiocarbonyl (C=S) groups is 1. The van der Waals surface area contributed by atoms with Gasteiger partial charge in [-0.2, -0.15) is 0 Å². The van der Waals surface area contributed by atoms with Gasteiger partial charge in [0.15, 0.2) is 0 Å². The number of benzene rings is 1. The molecule has 1 aromatic rings. The van der Waals surface area contributed by atoms with Crippen LogP contribution in [0.4, 0.5) is 10.1 Å². The SMILES string of the molecule is CCCCCNc1ccc(C(N)=S)cc1F. The zero-order chi connectivity index (χ0) is 12.0. The number of anilines is 1. The highest BCUT2D eigenvalue weighted by Crippen LogP contribution is 2.15. The predicted molar refractivity (Wildman–Crippen MR) is 70.3 cm³/mol. The van der Waals surface area contributed by atoms with E-state index in [0.717, 1.165) is 25.8 Å². The Labute approximate surface area is 101 Å². The Morgan fingerprint density at radius 3 is 2.75 bits per heavy atom. The van der Waals surface area contributed by atoms with Crippen molar-refractivity contribution >= 4 is 22.9 Å². The van der Waals surface area contributed by atoms with Crippen molar-refractivity contribution in [3.63, 3.8) is 0 Å². The van der Waals surface area contributed by atoms with Crippen molar-refractivity contribution in [3.8, 4) is 0 Å². The molecule has 0 radical (unpaired) electrons. The van der Waals surface area contributed by atoms with E-state index in [9.17, 15) is 4.39 Å². The van der Waals surface area contributed by atoms with Gasteiger partial charge in [-0.25, -0.2) is 4.39 Å². The van der Waals surface area contributed by atoms with E-state index >= 15 is 0 Å². The zero-order valence-electron chi connectivity index (χ0n) is 9.42. The Morgan fingerprint density at radius 1 is 1.44 bits per heavy atom. The van der Waals surface area contributed by atoms with Crippen LogP contribution in [0, 0.1) is 5.82 Å². The number of rotatable bonds is 6. The third kappa shape index (κ3) is 3.77. The molecule has 0 fully saturated rings. The largest absolute Gasteiger partial charge is 0.389 e. The molecule has 0 bridgehead atoms. The van der Waals surface area contributed by atoms with Gasteiger partial charge in [0.2, 0.25) is 0 Å². The standard InChI is InChI=1S/C12H17FN2S/c1-2-3-4-7-15-11-6-5-9(12(14)16)8-10(11)13/h5-6,8,15H,2-4,7H2,1H3,(H2,14,16). The first-order valence-electron chi connectivity index (χ1n) is 5.48. The normalized spacial score (nSPS) is 10.1. The molecular weight excluding hydrogens is 223 g/mol. The molecule has 0 saturated carbocycles. The van der Waals surface area contributed by atoms with Crippen molar-refractivity contribution in [3.05, 3.63) is 29.6 Å². The average molecular weight is 240 g/mol. The molecule has 0 aliphatic heterocycles. The van der Waals surface area contributed by atoms with Crippen molar-refractivity contribution < 1.29 is 4.39 Å². The van der Waals surface area contributed by atoms with Crippen molar-refractivity contribution in [1.29, 1.82) is 0 Å². The van der Waals surface area contributed by atoms with Crippen LogP contribution in [0.25, 0.3) is 0 Å². The molecule has 0 amide bonds. The summed E-state index contributed by atoms with van der Waals surface area (Å²) < 4.78 is 13.5. The molecular formula is C12H17FN2S. The number of unbranched alkanes of at least 4 members (excludes halogenated alkanes) is 2. The summed E-state index contributed by atoms with van der Waals surface area (Å²) in [7, 11) is 0. The third-order valence-electron chi connectivity index (χ3n) is 2.35. The van der Waals surface area contributed by atoms with Crippen molar-refractivity contribution in [2.75, 3.05) is 11.9 Å². The maximum absolute atomic E-state index is 13.5. The van der Waals surface area contributed by atoms with Gasteiger partial charge in [0.05, 0.1) is 5.69 Å². The molecule has 0 heterocycles. The van der Waals surface area contributed by atoms with Gasteiger partial charge in [-0.1, -0.05) is 32.0 Å². The minimum Gasteiger partial charge on any atom is -0.389 e. The van der Waals surface area contributed by atoms with Crippen LogP contribution in [0.15, 0.2) is 18.2 Å². The van der Waals surface area contributed by atoms with Gasteiger partial charge in [0, 0.05) is 12.1 Å². The van der Waals surface area contributed by atoms with Gasteiger partial charge < -0.3 is 11.1 Å². The van der Waals surface area contributed by atoms with Crippen molar-refractivity contribution in [2.45, 2.75) is 26.2 Å². The van der Waals surface area contributed by atoms with Crippen LogP contribution < -0.4 is 11.1 Å². The lowest BCUT2D eigenvalue weighted by molar-refractivity contribution is 0.628. The lowest BCUT2D eigenvalue weighted by Crippen LogP contribution is -2.10. The van der Waals surface area contributed by atoms with E-state index in [4.69, 9.17) is 18.0 Å². The number of hydrogen-bond acceptors (Lipinski definition) is 2. The summed E-state index contributed by atoms with van der Waals surface area (Å²) in [5.41, 5.74) is 6.49. The minimum atomic E-state index is -0.304. The van der Waals surface area contributed by atoms with Crippen LogP contribution in [0.2, 0.25) is 0 Å². The topological polar surface area (TPSA) is 38.0 Å². The lowest BCUT2D eigenvalue weighted by atomic mass is 10.2. The molecule has 4 heteroatoms. The van der Waals surface area contributed by atoms with Gasteiger partial charge in [-0.05, 0) is 24.6 Å². The number of hydrogen-bond donors (Lipinski definition) is 2. The van der Waals surface area contributed by atoms with Gasteiger partial charge in [0.25, 0.3) is 0 Å². The number of nitrogens with two attached hydrogens (primary N) is 1. The second-order valence-electron chi connectivity index (χ2n) is 3.69. The fraction of sp³-hybridized carbons (Fsp3) is 0.417. The Kier molecular flexibility index (Phi) is 5.19. The maximum atomic E-state index is 13.5. The zero-order valence-corrected chi connectivity index (χ0v) is 10.2. The summed E-state index contributed by atoms with van der Waals surface area (Å²) in [6.07, 6.45) is 3.36. The number of halogens is 1. The van der Waals surface area contributed by atoms with Crippen LogP contribution in [-0.2, 0) is 0 Å². The monoisotopic (exact) mass is 240 g/mol. The molecule has 0 unspecified atom stereocenters. The Hall–Kier alpha value is -1.16. The summed E-state index contributed by atoms with van der Waals surface area (Å²) in [6.45, 7) is 2.93. The summed E-state index contributed by atoms with van der Waals surface area (Å²) in [5, 5.41) is 3.05. The molecule has 0 aromatic heterocycles. The Balaban J connectivity index is 2.57. The van der Waals surface area contributed by atoms with Crippen molar-refractivity contribution in [1.82, 2.24) is 0 Å². The van der Waals surface area contributed by atoms with Gasteiger partial charge in [0.1, 0.15) is 10.8 Å². The molecule has 0 saturated heterocycles. The first-order chi connectivity index (χ1) is 7.65. The quantitative estimate of drug-likeness (QED) is 0.593.